The van der Waals surface area contributed by atoms with Crippen LogP contribution >= 0.6 is 0 Å². The van der Waals surface area contributed by atoms with E-state index in [1.165, 1.54) is 22.3 Å². The molecule has 4 rings (SSSR count). The van der Waals surface area contributed by atoms with E-state index in [2.05, 4.69) is 65.6 Å². The van der Waals surface area contributed by atoms with E-state index in [-0.39, 0.29) is 0 Å². The quantitative estimate of drug-likeness (QED) is 0.517. The maximum absolute atomic E-state index is 4.22. The Hall–Kier alpha value is -2.87. The monoisotopic (exact) mass is 270 g/mol. The number of imidazole rings is 1. The van der Waals surface area contributed by atoms with E-state index in [9.17, 15) is 0 Å². The zero-order chi connectivity index (χ0) is 14.1. The Labute approximate surface area is 123 Å². The summed E-state index contributed by atoms with van der Waals surface area (Å²) in [5.41, 5.74) is 6.02. The molecular formula is C19H14N2. The van der Waals surface area contributed by atoms with E-state index in [4.69, 9.17) is 0 Å². The molecule has 0 radical (unpaired) electrons. The van der Waals surface area contributed by atoms with Crippen LogP contribution in [0.15, 0.2) is 85.5 Å². The molecule has 0 aliphatic heterocycles. The normalized spacial score (nSPS) is 10.9. The van der Waals surface area contributed by atoms with E-state index in [0.29, 0.717) is 0 Å². The van der Waals surface area contributed by atoms with Crippen LogP contribution in [-0.2, 0) is 0 Å². The summed E-state index contributed by atoms with van der Waals surface area (Å²) in [7, 11) is 0. The fourth-order valence-electron chi connectivity index (χ4n) is 2.67. The Bertz CT molecular complexity index is 874. The Morgan fingerprint density at radius 3 is 2.19 bits per heavy atom. The number of aromatic nitrogens is 2. The lowest BCUT2D eigenvalue weighted by Crippen LogP contribution is -1.85. The zero-order valence-electron chi connectivity index (χ0n) is 11.5. The molecule has 2 aromatic heterocycles. The van der Waals surface area contributed by atoms with Crippen molar-refractivity contribution in [3.8, 4) is 22.3 Å². The molecule has 0 fully saturated rings. The van der Waals surface area contributed by atoms with Crippen molar-refractivity contribution in [1.29, 1.82) is 0 Å². The molecule has 2 aromatic carbocycles. The van der Waals surface area contributed by atoms with Gasteiger partial charge in [0, 0.05) is 11.8 Å². The number of fused-ring (bicyclic) bond motifs is 1. The van der Waals surface area contributed by atoms with Gasteiger partial charge in [-0.1, -0.05) is 60.7 Å². The SMILES string of the molecule is c1ccc(-c2ccc(-c3cccn4cncc34)cc2)cc1. The fraction of sp³-hybridized carbons (Fsp3) is 0. The van der Waals surface area contributed by atoms with Gasteiger partial charge in [-0.15, -0.1) is 0 Å². The Morgan fingerprint density at radius 2 is 1.38 bits per heavy atom. The van der Waals surface area contributed by atoms with Crippen LogP contribution < -0.4 is 0 Å². The van der Waals surface area contributed by atoms with Crippen LogP contribution in [0.4, 0.5) is 0 Å². The molecule has 21 heavy (non-hydrogen) atoms. The van der Waals surface area contributed by atoms with Crippen LogP contribution in [0, 0.1) is 0 Å². The molecule has 4 aromatic rings. The summed E-state index contributed by atoms with van der Waals surface area (Å²) in [6.45, 7) is 0. The third-order valence-corrected chi connectivity index (χ3v) is 3.75. The molecule has 0 aliphatic rings. The van der Waals surface area contributed by atoms with Gasteiger partial charge in [-0.3, -0.25) is 0 Å². The minimum absolute atomic E-state index is 1.13. The lowest BCUT2D eigenvalue weighted by Gasteiger charge is -2.06. The second-order valence-corrected chi connectivity index (χ2v) is 5.05. The van der Waals surface area contributed by atoms with Crippen LogP contribution in [0.25, 0.3) is 27.8 Å². The van der Waals surface area contributed by atoms with Crippen LogP contribution in [0.1, 0.15) is 0 Å². The summed E-state index contributed by atoms with van der Waals surface area (Å²) in [5, 5.41) is 0. The standard InChI is InChI=1S/C19H14N2/c1-2-5-15(6-3-1)16-8-10-17(11-9-16)18-7-4-12-21-14-20-13-19(18)21/h1-14H. The van der Waals surface area contributed by atoms with Gasteiger partial charge in [-0.25, -0.2) is 4.98 Å². The molecule has 0 saturated heterocycles. The van der Waals surface area contributed by atoms with Gasteiger partial charge >= 0.3 is 0 Å². The predicted octanol–water partition coefficient (Wildman–Crippen LogP) is 4.67. The largest absolute Gasteiger partial charge is 0.306 e. The molecule has 0 spiro atoms. The minimum atomic E-state index is 1.13. The number of benzene rings is 2. The number of rotatable bonds is 2. The summed E-state index contributed by atoms with van der Waals surface area (Å²) in [6.07, 6.45) is 5.75. The molecule has 2 heterocycles. The second kappa shape index (κ2) is 4.91. The molecule has 0 unspecified atom stereocenters. The van der Waals surface area contributed by atoms with Gasteiger partial charge in [0.2, 0.25) is 0 Å². The first-order valence-corrected chi connectivity index (χ1v) is 6.98. The Kier molecular flexibility index (Phi) is 2.79. The van der Waals surface area contributed by atoms with Gasteiger partial charge in [-0.05, 0) is 22.8 Å². The number of hydrogen-bond donors (Lipinski definition) is 0. The highest BCUT2D eigenvalue weighted by Gasteiger charge is 2.04. The molecule has 0 aliphatic carbocycles. The molecule has 100 valence electrons. The minimum Gasteiger partial charge on any atom is -0.306 e. The van der Waals surface area contributed by atoms with Crippen LogP contribution in [-0.4, -0.2) is 9.38 Å². The summed E-state index contributed by atoms with van der Waals surface area (Å²) in [6, 6.07) is 23.3. The van der Waals surface area contributed by atoms with Gasteiger partial charge in [0.05, 0.1) is 18.0 Å². The summed E-state index contributed by atoms with van der Waals surface area (Å²) in [4.78, 5) is 4.22. The summed E-state index contributed by atoms with van der Waals surface area (Å²) >= 11 is 0. The van der Waals surface area contributed by atoms with E-state index in [0.717, 1.165) is 5.52 Å². The first-order chi connectivity index (χ1) is 10.4. The maximum atomic E-state index is 4.22. The van der Waals surface area contributed by atoms with E-state index in [1.54, 1.807) is 0 Å². The highest BCUT2D eigenvalue weighted by molar-refractivity contribution is 5.81. The Balaban J connectivity index is 1.79. The van der Waals surface area contributed by atoms with E-state index in [1.807, 2.05) is 29.2 Å². The molecule has 0 saturated carbocycles. The molecule has 2 nitrogen and oxygen atoms in total. The van der Waals surface area contributed by atoms with E-state index < -0.39 is 0 Å². The van der Waals surface area contributed by atoms with Crippen molar-refractivity contribution in [1.82, 2.24) is 9.38 Å². The van der Waals surface area contributed by atoms with Gasteiger partial charge in [-0.2, -0.15) is 0 Å². The van der Waals surface area contributed by atoms with Crippen molar-refractivity contribution >= 4 is 5.52 Å². The smallest absolute Gasteiger partial charge is 0.0992 e. The van der Waals surface area contributed by atoms with Crippen LogP contribution in [0.2, 0.25) is 0 Å². The highest BCUT2D eigenvalue weighted by Crippen LogP contribution is 2.27. The fourth-order valence-corrected chi connectivity index (χ4v) is 2.67. The van der Waals surface area contributed by atoms with Crippen LogP contribution in [0.3, 0.4) is 0 Å². The van der Waals surface area contributed by atoms with Gasteiger partial charge in [0.15, 0.2) is 0 Å². The second-order valence-electron chi connectivity index (χ2n) is 5.05. The third-order valence-electron chi connectivity index (χ3n) is 3.75. The van der Waals surface area contributed by atoms with Crippen molar-refractivity contribution in [2.24, 2.45) is 0 Å². The van der Waals surface area contributed by atoms with Crippen molar-refractivity contribution in [3.63, 3.8) is 0 Å². The van der Waals surface area contributed by atoms with Gasteiger partial charge in [0.1, 0.15) is 0 Å². The summed E-state index contributed by atoms with van der Waals surface area (Å²) < 4.78 is 2.04. The Morgan fingerprint density at radius 1 is 0.667 bits per heavy atom. The van der Waals surface area contributed by atoms with Crippen molar-refractivity contribution in [2.45, 2.75) is 0 Å². The van der Waals surface area contributed by atoms with Crippen LogP contribution in [0.5, 0.6) is 0 Å². The highest BCUT2D eigenvalue weighted by atomic mass is 15.0. The molecule has 0 N–H and O–H groups in total. The number of nitrogens with zero attached hydrogens (tertiary/aromatic N) is 2. The lowest BCUT2D eigenvalue weighted by atomic mass is 10.0. The molecule has 2 heteroatoms. The number of hydrogen-bond acceptors (Lipinski definition) is 1. The van der Waals surface area contributed by atoms with Crippen molar-refractivity contribution in [2.75, 3.05) is 0 Å². The maximum Gasteiger partial charge on any atom is 0.0992 e. The first-order valence-electron chi connectivity index (χ1n) is 6.98. The summed E-state index contributed by atoms with van der Waals surface area (Å²) in [5.74, 6) is 0. The lowest BCUT2D eigenvalue weighted by molar-refractivity contribution is 1.15. The topological polar surface area (TPSA) is 17.3 Å². The molecule has 0 amide bonds. The average molecular weight is 270 g/mol. The molecule has 0 bridgehead atoms. The predicted molar refractivity (Wildman–Crippen MR) is 86.1 cm³/mol. The van der Waals surface area contributed by atoms with Crippen molar-refractivity contribution < 1.29 is 0 Å². The van der Waals surface area contributed by atoms with Gasteiger partial charge in [0.25, 0.3) is 0 Å². The zero-order valence-corrected chi connectivity index (χ0v) is 11.5. The molecule has 0 atom stereocenters. The third kappa shape index (κ3) is 2.11. The average Bonchev–Trinajstić information content (AvgIpc) is 3.04. The number of pyridine rings is 1. The van der Waals surface area contributed by atoms with Crippen molar-refractivity contribution in [3.05, 3.63) is 85.5 Å². The first kappa shape index (κ1) is 11.9. The molecular weight excluding hydrogens is 256 g/mol. The van der Waals surface area contributed by atoms with Gasteiger partial charge < -0.3 is 4.40 Å². The van der Waals surface area contributed by atoms with E-state index >= 15 is 0 Å².